The van der Waals surface area contributed by atoms with Crippen LogP contribution < -0.4 is 15.4 Å². The summed E-state index contributed by atoms with van der Waals surface area (Å²) in [5.74, 6) is 1.28. The number of aryl methyl sites for hydroxylation is 1. The molecule has 3 aromatic rings. The Bertz CT molecular complexity index is 1080. The lowest BCUT2D eigenvalue weighted by atomic mass is 10.0. The number of hydrogen-bond acceptors (Lipinski definition) is 5. The van der Waals surface area contributed by atoms with Crippen LogP contribution in [0.25, 0.3) is 10.8 Å². The van der Waals surface area contributed by atoms with E-state index in [9.17, 15) is 13.2 Å². The van der Waals surface area contributed by atoms with Crippen LogP contribution in [0.3, 0.4) is 0 Å². The highest BCUT2D eigenvalue weighted by molar-refractivity contribution is 5.94. The van der Waals surface area contributed by atoms with Crippen LogP contribution in [0, 0.1) is 13.8 Å². The molecule has 1 aromatic heterocycles. The van der Waals surface area contributed by atoms with Crippen molar-refractivity contribution in [3.05, 3.63) is 58.8 Å². The molecular weight excluding hydrogens is 405 g/mol. The van der Waals surface area contributed by atoms with Gasteiger partial charge in [-0.15, -0.1) is 5.10 Å². The standard InChI is InChI=1S/C23H25F3N4O/c1-14-16(4-3-5-21(14)23(24,25)26)13-28-22-20-12-18(31-17-8-10-27-11-9-17)6-7-19(20)15(2)29-30-22/h3-7,12,17,27H,8-11,13H2,1-2H3,(H,28,30). The van der Waals surface area contributed by atoms with Crippen LogP contribution in [0.5, 0.6) is 5.75 Å². The Morgan fingerprint density at radius 2 is 1.84 bits per heavy atom. The van der Waals surface area contributed by atoms with E-state index in [-0.39, 0.29) is 18.2 Å². The summed E-state index contributed by atoms with van der Waals surface area (Å²) in [5.41, 5.74) is 0.933. The fourth-order valence-electron chi connectivity index (χ4n) is 3.94. The summed E-state index contributed by atoms with van der Waals surface area (Å²) < 4.78 is 45.8. The van der Waals surface area contributed by atoms with E-state index in [2.05, 4.69) is 20.8 Å². The van der Waals surface area contributed by atoms with E-state index < -0.39 is 11.7 Å². The van der Waals surface area contributed by atoms with Crippen molar-refractivity contribution in [3.8, 4) is 5.75 Å². The molecular formula is C23H25F3N4O. The van der Waals surface area contributed by atoms with Crippen molar-refractivity contribution in [2.24, 2.45) is 0 Å². The Kier molecular flexibility index (Phi) is 6.00. The SMILES string of the molecule is Cc1c(CNc2nnc(C)c3ccc(OC4CCNCC4)cc23)cccc1C(F)(F)F. The van der Waals surface area contributed by atoms with E-state index >= 15 is 0 Å². The van der Waals surface area contributed by atoms with Crippen molar-refractivity contribution in [3.63, 3.8) is 0 Å². The van der Waals surface area contributed by atoms with Crippen LogP contribution in [0.15, 0.2) is 36.4 Å². The van der Waals surface area contributed by atoms with Crippen LogP contribution in [-0.4, -0.2) is 29.4 Å². The average molecular weight is 430 g/mol. The van der Waals surface area contributed by atoms with Gasteiger partial charge in [0.15, 0.2) is 5.82 Å². The predicted molar refractivity (Wildman–Crippen MR) is 114 cm³/mol. The molecule has 2 aromatic carbocycles. The molecule has 2 heterocycles. The summed E-state index contributed by atoms with van der Waals surface area (Å²) in [7, 11) is 0. The first-order valence-corrected chi connectivity index (χ1v) is 10.4. The van der Waals surface area contributed by atoms with E-state index in [0.29, 0.717) is 11.4 Å². The first-order valence-electron chi connectivity index (χ1n) is 10.4. The Hall–Kier alpha value is -2.87. The number of piperidine rings is 1. The zero-order chi connectivity index (χ0) is 22.0. The molecule has 0 saturated carbocycles. The monoisotopic (exact) mass is 430 g/mol. The minimum atomic E-state index is -4.38. The van der Waals surface area contributed by atoms with Crippen molar-refractivity contribution in [1.82, 2.24) is 15.5 Å². The van der Waals surface area contributed by atoms with Gasteiger partial charge in [-0.05, 0) is 75.2 Å². The van der Waals surface area contributed by atoms with Crippen molar-refractivity contribution in [2.75, 3.05) is 18.4 Å². The van der Waals surface area contributed by atoms with E-state index in [1.807, 2.05) is 25.1 Å². The largest absolute Gasteiger partial charge is 0.490 e. The number of benzene rings is 2. The van der Waals surface area contributed by atoms with E-state index in [1.165, 1.54) is 13.0 Å². The number of alkyl halides is 3. The van der Waals surface area contributed by atoms with Crippen molar-refractivity contribution >= 4 is 16.6 Å². The van der Waals surface area contributed by atoms with Crippen LogP contribution in [0.1, 0.15) is 35.2 Å². The highest BCUT2D eigenvalue weighted by Gasteiger charge is 2.32. The van der Waals surface area contributed by atoms with Gasteiger partial charge in [0, 0.05) is 17.3 Å². The molecule has 0 radical (unpaired) electrons. The molecule has 164 valence electrons. The van der Waals surface area contributed by atoms with Gasteiger partial charge in [-0.3, -0.25) is 0 Å². The minimum absolute atomic E-state index is 0.166. The number of fused-ring (bicyclic) bond motifs is 1. The number of hydrogen-bond donors (Lipinski definition) is 2. The maximum Gasteiger partial charge on any atom is 0.416 e. The second-order valence-electron chi connectivity index (χ2n) is 7.85. The number of ether oxygens (including phenoxy) is 1. The van der Waals surface area contributed by atoms with Crippen molar-refractivity contribution < 1.29 is 17.9 Å². The molecule has 0 atom stereocenters. The Morgan fingerprint density at radius 3 is 2.58 bits per heavy atom. The number of aromatic nitrogens is 2. The lowest BCUT2D eigenvalue weighted by Gasteiger charge is -2.24. The molecule has 1 aliphatic heterocycles. The van der Waals surface area contributed by atoms with Crippen LogP contribution in [-0.2, 0) is 12.7 Å². The van der Waals surface area contributed by atoms with Gasteiger partial charge in [-0.1, -0.05) is 12.1 Å². The molecule has 0 unspecified atom stereocenters. The highest BCUT2D eigenvalue weighted by atomic mass is 19.4. The fourth-order valence-corrected chi connectivity index (χ4v) is 3.94. The van der Waals surface area contributed by atoms with Gasteiger partial charge in [0.25, 0.3) is 0 Å². The number of nitrogens with one attached hydrogen (secondary N) is 2. The van der Waals surface area contributed by atoms with Gasteiger partial charge in [0.2, 0.25) is 0 Å². The number of nitrogens with zero attached hydrogens (tertiary/aromatic N) is 2. The molecule has 0 aliphatic carbocycles. The first kappa shape index (κ1) is 21.4. The molecule has 4 rings (SSSR count). The summed E-state index contributed by atoms with van der Waals surface area (Å²) >= 11 is 0. The molecule has 1 fully saturated rings. The molecule has 1 aliphatic rings. The van der Waals surface area contributed by atoms with Gasteiger partial charge in [-0.2, -0.15) is 18.3 Å². The summed E-state index contributed by atoms with van der Waals surface area (Å²) in [4.78, 5) is 0. The molecule has 31 heavy (non-hydrogen) atoms. The Balaban J connectivity index is 1.60. The summed E-state index contributed by atoms with van der Waals surface area (Å²) in [6, 6.07) is 10.0. The zero-order valence-corrected chi connectivity index (χ0v) is 17.5. The van der Waals surface area contributed by atoms with Gasteiger partial charge >= 0.3 is 6.18 Å². The predicted octanol–water partition coefficient (Wildman–Crippen LogP) is 5.01. The normalized spacial score (nSPS) is 15.3. The molecule has 2 N–H and O–H groups in total. The van der Waals surface area contributed by atoms with Gasteiger partial charge in [0.1, 0.15) is 11.9 Å². The molecule has 5 nitrogen and oxygen atoms in total. The summed E-state index contributed by atoms with van der Waals surface area (Å²) in [5, 5.41) is 16.7. The van der Waals surface area contributed by atoms with Gasteiger partial charge < -0.3 is 15.4 Å². The maximum atomic E-state index is 13.2. The molecule has 8 heteroatoms. The number of halogens is 3. The third kappa shape index (κ3) is 4.74. The average Bonchev–Trinajstić information content (AvgIpc) is 2.74. The fraction of sp³-hybridized carbons (Fsp3) is 0.391. The second kappa shape index (κ2) is 8.70. The van der Waals surface area contributed by atoms with E-state index in [4.69, 9.17) is 4.74 Å². The van der Waals surface area contributed by atoms with Gasteiger partial charge in [0.05, 0.1) is 11.3 Å². The molecule has 0 bridgehead atoms. The molecule has 1 saturated heterocycles. The quantitative estimate of drug-likeness (QED) is 0.596. The Morgan fingerprint density at radius 1 is 1.06 bits per heavy atom. The highest BCUT2D eigenvalue weighted by Crippen LogP contribution is 2.33. The first-order chi connectivity index (χ1) is 14.8. The van der Waals surface area contributed by atoms with E-state index in [1.54, 1.807) is 6.07 Å². The lowest BCUT2D eigenvalue weighted by molar-refractivity contribution is -0.138. The summed E-state index contributed by atoms with van der Waals surface area (Å²) in [6.07, 6.45) is -2.31. The lowest BCUT2D eigenvalue weighted by Crippen LogP contribution is -2.34. The second-order valence-corrected chi connectivity index (χ2v) is 7.85. The third-order valence-electron chi connectivity index (χ3n) is 5.72. The minimum Gasteiger partial charge on any atom is -0.490 e. The van der Waals surface area contributed by atoms with Crippen molar-refractivity contribution in [2.45, 2.75) is 45.5 Å². The van der Waals surface area contributed by atoms with Gasteiger partial charge in [-0.25, -0.2) is 0 Å². The van der Waals surface area contributed by atoms with Crippen LogP contribution in [0.2, 0.25) is 0 Å². The van der Waals surface area contributed by atoms with Crippen LogP contribution in [0.4, 0.5) is 19.0 Å². The van der Waals surface area contributed by atoms with Crippen molar-refractivity contribution in [1.29, 1.82) is 0 Å². The number of rotatable bonds is 5. The van der Waals surface area contributed by atoms with E-state index in [0.717, 1.165) is 54.2 Å². The maximum absolute atomic E-state index is 13.2. The molecule has 0 spiro atoms. The summed E-state index contributed by atoms with van der Waals surface area (Å²) in [6.45, 7) is 5.45. The number of anilines is 1. The topological polar surface area (TPSA) is 59.1 Å². The third-order valence-corrected chi connectivity index (χ3v) is 5.72. The van der Waals surface area contributed by atoms with Crippen LogP contribution >= 0.6 is 0 Å². The zero-order valence-electron chi connectivity index (χ0n) is 17.5. The molecule has 0 amide bonds. The smallest absolute Gasteiger partial charge is 0.416 e. The Labute approximate surface area is 179 Å².